The molecule has 0 atom stereocenters. The topological polar surface area (TPSA) is 174 Å². The van der Waals surface area contributed by atoms with Gasteiger partial charge in [-0.1, -0.05) is 0 Å². The van der Waals surface area contributed by atoms with Crippen molar-refractivity contribution in [3.8, 4) is 17.1 Å². The van der Waals surface area contributed by atoms with Gasteiger partial charge in [0.1, 0.15) is 5.82 Å². The van der Waals surface area contributed by atoms with Crippen LogP contribution < -0.4 is 5.73 Å². The molecule has 0 aliphatic rings. The molecule has 0 saturated carbocycles. The summed E-state index contributed by atoms with van der Waals surface area (Å²) in [4.78, 5) is 32.2. The van der Waals surface area contributed by atoms with Crippen LogP contribution in [0.2, 0.25) is 0 Å². The maximum atomic E-state index is 11.0. The Hall–Kier alpha value is -4.80. The number of nitro groups is 2. The van der Waals surface area contributed by atoms with Crippen molar-refractivity contribution in [3.63, 3.8) is 0 Å². The van der Waals surface area contributed by atoms with Crippen LogP contribution >= 0.6 is 0 Å². The largest absolute Gasteiger partial charge is 0.502 e. The number of fused-ring (bicyclic) bond motifs is 1. The molecule has 31 heavy (non-hydrogen) atoms. The number of phenolic OH excluding ortho intramolecular Hbond substituents is 1. The van der Waals surface area contributed by atoms with Crippen molar-refractivity contribution in [2.24, 2.45) is 4.99 Å². The van der Waals surface area contributed by atoms with Crippen LogP contribution in [0.25, 0.3) is 22.4 Å². The SMILES string of the molecule is Nc1ccc2nc(-c3ccc(N=Cc4cc([N+](=O)[O-])cc([N+](=O)[O-])c4O)cc3)[nH]c2c1. The molecule has 154 valence electrons. The van der Waals surface area contributed by atoms with E-state index < -0.39 is 27.0 Å². The van der Waals surface area contributed by atoms with Crippen molar-refractivity contribution >= 4 is 40.0 Å². The first-order chi connectivity index (χ1) is 14.8. The summed E-state index contributed by atoms with van der Waals surface area (Å²) in [5, 5.41) is 32.1. The number of rotatable bonds is 5. The van der Waals surface area contributed by atoms with Gasteiger partial charge in [-0.3, -0.25) is 25.2 Å². The Labute approximate surface area is 173 Å². The molecule has 3 aromatic carbocycles. The molecule has 0 amide bonds. The molecule has 11 nitrogen and oxygen atoms in total. The van der Waals surface area contributed by atoms with Gasteiger partial charge in [-0.15, -0.1) is 0 Å². The van der Waals surface area contributed by atoms with Gasteiger partial charge < -0.3 is 15.8 Å². The van der Waals surface area contributed by atoms with Crippen LogP contribution in [-0.2, 0) is 0 Å². The van der Waals surface area contributed by atoms with E-state index in [9.17, 15) is 25.3 Å². The number of H-pyrrole nitrogens is 1. The number of nitrogens with zero attached hydrogens (tertiary/aromatic N) is 4. The highest BCUT2D eigenvalue weighted by Crippen LogP contribution is 2.33. The van der Waals surface area contributed by atoms with Crippen molar-refractivity contribution in [2.75, 3.05) is 5.73 Å². The van der Waals surface area contributed by atoms with E-state index in [1.54, 1.807) is 36.4 Å². The van der Waals surface area contributed by atoms with E-state index >= 15 is 0 Å². The number of imidazole rings is 1. The molecule has 4 aromatic rings. The highest BCUT2D eigenvalue weighted by Gasteiger charge is 2.23. The summed E-state index contributed by atoms with van der Waals surface area (Å²) in [7, 11) is 0. The van der Waals surface area contributed by atoms with E-state index in [1.165, 1.54) is 0 Å². The number of nitro benzene ring substituents is 2. The number of aromatic nitrogens is 2. The molecule has 0 saturated heterocycles. The van der Waals surface area contributed by atoms with Gasteiger partial charge in [-0.25, -0.2) is 4.98 Å². The second-order valence-electron chi connectivity index (χ2n) is 6.58. The Kier molecular flexibility index (Phi) is 4.76. The fourth-order valence-electron chi connectivity index (χ4n) is 2.98. The predicted molar refractivity (Wildman–Crippen MR) is 115 cm³/mol. The summed E-state index contributed by atoms with van der Waals surface area (Å²) in [6, 6.07) is 14.0. The standard InChI is InChI=1S/C20H14N6O5/c21-13-3-6-16-17(8-13)24-20(23-16)11-1-4-14(5-2-11)22-10-12-7-15(25(28)29)9-18(19(12)27)26(30)31/h1-10,27H,21H2,(H,23,24). The van der Waals surface area contributed by atoms with Crippen LogP contribution in [0.5, 0.6) is 5.75 Å². The van der Waals surface area contributed by atoms with Gasteiger partial charge in [0.15, 0.2) is 0 Å². The Balaban J connectivity index is 1.63. The van der Waals surface area contributed by atoms with Crippen molar-refractivity contribution in [2.45, 2.75) is 0 Å². The first-order valence-electron chi connectivity index (χ1n) is 8.87. The average Bonchev–Trinajstić information content (AvgIpc) is 3.16. The van der Waals surface area contributed by atoms with Crippen LogP contribution in [0, 0.1) is 20.2 Å². The third kappa shape index (κ3) is 3.87. The predicted octanol–water partition coefficient (Wildman–Crippen LogP) is 4.08. The molecule has 0 radical (unpaired) electrons. The number of phenols is 1. The Morgan fingerprint density at radius 2 is 1.77 bits per heavy atom. The lowest BCUT2D eigenvalue weighted by Crippen LogP contribution is -1.96. The number of hydrogen-bond acceptors (Lipinski definition) is 8. The van der Waals surface area contributed by atoms with Gasteiger partial charge in [0.2, 0.25) is 5.75 Å². The van der Waals surface area contributed by atoms with E-state index in [0.717, 1.165) is 28.9 Å². The van der Waals surface area contributed by atoms with Crippen molar-refractivity contribution in [1.29, 1.82) is 0 Å². The average molecular weight is 418 g/mol. The van der Waals surface area contributed by atoms with Crippen LogP contribution in [0.3, 0.4) is 0 Å². The molecule has 0 aliphatic heterocycles. The van der Waals surface area contributed by atoms with Crippen molar-refractivity contribution < 1.29 is 15.0 Å². The monoisotopic (exact) mass is 418 g/mol. The minimum atomic E-state index is -0.893. The quantitative estimate of drug-likeness (QED) is 0.189. The second kappa shape index (κ2) is 7.55. The van der Waals surface area contributed by atoms with Gasteiger partial charge >= 0.3 is 5.69 Å². The molecule has 0 spiro atoms. The Bertz CT molecular complexity index is 1360. The number of anilines is 1. The molecule has 1 heterocycles. The van der Waals surface area contributed by atoms with E-state index in [-0.39, 0.29) is 5.56 Å². The molecular formula is C20H14N6O5. The number of non-ortho nitro benzene ring substituents is 1. The third-order valence-electron chi connectivity index (χ3n) is 4.51. The van der Waals surface area contributed by atoms with Crippen LogP contribution in [0.15, 0.2) is 59.6 Å². The molecule has 4 N–H and O–H groups in total. The maximum Gasteiger partial charge on any atom is 0.318 e. The van der Waals surface area contributed by atoms with Crippen LogP contribution in [0.4, 0.5) is 22.7 Å². The summed E-state index contributed by atoms with van der Waals surface area (Å²) >= 11 is 0. The molecule has 11 heteroatoms. The summed E-state index contributed by atoms with van der Waals surface area (Å²) in [6.07, 6.45) is 1.13. The number of aromatic hydroxyl groups is 1. The molecule has 0 unspecified atom stereocenters. The summed E-state index contributed by atoms with van der Waals surface area (Å²) in [5.74, 6) is -0.0550. The van der Waals surface area contributed by atoms with E-state index in [1.807, 2.05) is 6.07 Å². The summed E-state index contributed by atoms with van der Waals surface area (Å²) in [6.45, 7) is 0. The highest BCUT2D eigenvalue weighted by atomic mass is 16.6. The Morgan fingerprint density at radius 1 is 1.03 bits per heavy atom. The fraction of sp³-hybridized carbons (Fsp3) is 0. The molecule has 4 rings (SSSR count). The molecule has 0 aliphatic carbocycles. The van der Waals surface area contributed by atoms with Crippen molar-refractivity contribution in [3.05, 3.63) is 80.4 Å². The van der Waals surface area contributed by atoms with E-state index in [2.05, 4.69) is 15.0 Å². The fourth-order valence-corrected chi connectivity index (χ4v) is 2.98. The maximum absolute atomic E-state index is 11.0. The smallest absolute Gasteiger partial charge is 0.318 e. The number of nitrogen functional groups attached to an aromatic ring is 1. The lowest BCUT2D eigenvalue weighted by molar-refractivity contribution is -0.394. The first-order valence-corrected chi connectivity index (χ1v) is 8.87. The minimum absolute atomic E-state index is 0.139. The Morgan fingerprint density at radius 3 is 2.45 bits per heavy atom. The minimum Gasteiger partial charge on any atom is -0.502 e. The normalized spacial score (nSPS) is 11.2. The van der Waals surface area contributed by atoms with Gasteiger partial charge in [0.05, 0.1) is 32.6 Å². The number of hydrogen-bond donors (Lipinski definition) is 3. The number of benzene rings is 3. The zero-order valence-corrected chi connectivity index (χ0v) is 15.7. The summed E-state index contributed by atoms with van der Waals surface area (Å²) < 4.78 is 0. The lowest BCUT2D eigenvalue weighted by Gasteiger charge is -2.01. The van der Waals surface area contributed by atoms with E-state index in [4.69, 9.17) is 5.73 Å². The molecule has 0 fully saturated rings. The highest BCUT2D eigenvalue weighted by molar-refractivity contribution is 5.89. The van der Waals surface area contributed by atoms with E-state index in [0.29, 0.717) is 23.3 Å². The van der Waals surface area contributed by atoms with Crippen molar-refractivity contribution in [1.82, 2.24) is 9.97 Å². The van der Waals surface area contributed by atoms with Gasteiger partial charge in [0.25, 0.3) is 5.69 Å². The number of nitrogens with one attached hydrogen (secondary N) is 1. The molecule has 0 bridgehead atoms. The zero-order chi connectivity index (χ0) is 22.1. The van der Waals surface area contributed by atoms with Gasteiger partial charge in [-0.05, 0) is 42.5 Å². The molecular weight excluding hydrogens is 404 g/mol. The number of nitrogens with two attached hydrogens (primary N) is 1. The van der Waals surface area contributed by atoms with Gasteiger partial charge in [-0.2, -0.15) is 0 Å². The first kappa shape index (κ1) is 19.5. The number of aliphatic imine (C=N–C) groups is 1. The third-order valence-corrected chi connectivity index (χ3v) is 4.51. The van der Waals surface area contributed by atoms with Crippen LogP contribution in [-0.4, -0.2) is 31.1 Å². The molecule has 1 aromatic heterocycles. The second-order valence-corrected chi connectivity index (χ2v) is 6.58. The van der Waals surface area contributed by atoms with Crippen LogP contribution in [0.1, 0.15) is 5.56 Å². The lowest BCUT2D eigenvalue weighted by atomic mass is 10.1. The van der Waals surface area contributed by atoms with Gasteiger partial charge in [0, 0.05) is 29.1 Å². The number of aromatic amines is 1. The summed E-state index contributed by atoms with van der Waals surface area (Å²) in [5.41, 5.74) is 7.82. The zero-order valence-electron chi connectivity index (χ0n) is 15.7.